The molecular weight excluding hydrogens is 226 g/mol. The smallest absolute Gasteiger partial charge is 0.144 e. The van der Waals surface area contributed by atoms with Crippen molar-refractivity contribution in [3.8, 4) is 6.07 Å². The van der Waals surface area contributed by atoms with Gasteiger partial charge in [0.15, 0.2) is 0 Å². The van der Waals surface area contributed by atoms with E-state index in [1.165, 1.54) is 19.4 Å². The van der Waals surface area contributed by atoms with E-state index in [2.05, 4.69) is 28.3 Å². The van der Waals surface area contributed by atoms with Crippen LogP contribution in [0.5, 0.6) is 0 Å². The molecule has 1 aliphatic rings. The molecule has 0 aromatic carbocycles. The Bertz CT molecular complexity index is 451. The zero-order valence-electron chi connectivity index (χ0n) is 10.7. The summed E-state index contributed by atoms with van der Waals surface area (Å²) in [5, 5.41) is 12.3. The lowest BCUT2D eigenvalue weighted by molar-refractivity contribution is 0.217. The second-order valence-electron chi connectivity index (χ2n) is 4.93. The molecule has 0 saturated carbocycles. The van der Waals surface area contributed by atoms with E-state index in [4.69, 9.17) is 11.0 Å². The van der Waals surface area contributed by atoms with Gasteiger partial charge in [0.1, 0.15) is 11.9 Å². The van der Waals surface area contributed by atoms with Gasteiger partial charge in [-0.15, -0.1) is 0 Å². The van der Waals surface area contributed by atoms with E-state index < -0.39 is 0 Å². The highest BCUT2D eigenvalue weighted by Gasteiger charge is 2.17. The van der Waals surface area contributed by atoms with Crippen LogP contribution >= 0.6 is 0 Å². The van der Waals surface area contributed by atoms with E-state index >= 15 is 0 Å². The number of likely N-dealkylation sites (tertiary alicyclic amines) is 1. The maximum Gasteiger partial charge on any atom is 0.144 e. The topological polar surface area (TPSA) is 78.0 Å². The van der Waals surface area contributed by atoms with Crippen molar-refractivity contribution in [3.05, 3.63) is 17.8 Å². The number of piperidine rings is 1. The van der Waals surface area contributed by atoms with Crippen molar-refractivity contribution in [2.24, 2.45) is 5.92 Å². The Labute approximate surface area is 108 Å². The van der Waals surface area contributed by atoms with Crippen LogP contribution in [0.15, 0.2) is 12.3 Å². The molecule has 0 radical (unpaired) electrons. The number of rotatable bonds is 3. The zero-order chi connectivity index (χ0) is 13.0. The van der Waals surface area contributed by atoms with Crippen molar-refractivity contribution in [3.63, 3.8) is 0 Å². The average Bonchev–Trinajstić information content (AvgIpc) is 2.37. The van der Waals surface area contributed by atoms with Crippen LogP contribution in [0.2, 0.25) is 0 Å². The van der Waals surface area contributed by atoms with Crippen LogP contribution in [0.3, 0.4) is 0 Å². The van der Waals surface area contributed by atoms with Gasteiger partial charge in [-0.2, -0.15) is 5.26 Å². The maximum absolute atomic E-state index is 9.03. The fraction of sp³-hybridized carbons (Fsp3) is 0.538. The third kappa shape index (κ3) is 3.11. The molecule has 0 bridgehead atoms. The summed E-state index contributed by atoms with van der Waals surface area (Å²) in [6.45, 7) is 3.14. The molecule has 1 atom stereocenters. The second kappa shape index (κ2) is 5.69. The molecule has 1 aliphatic heterocycles. The molecule has 3 N–H and O–H groups in total. The molecule has 1 unspecified atom stereocenters. The minimum atomic E-state index is 0.513. The average molecular weight is 245 g/mol. The van der Waals surface area contributed by atoms with Gasteiger partial charge in [0.25, 0.3) is 0 Å². The van der Waals surface area contributed by atoms with Crippen LogP contribution < -0.4 is 11.1 Å². The van der Waals surface area contributed by atoms with Crippen molar-refractivity contribution < 1.29 is 0 Å². The number of anilines is 2. The fourth-order valence-corrected chi connectivity index (χ4v) is 2.39. The molecule has 5 heteroatoms. The largest absolute Gasteiger partial charge is 0.397 e. The van der Waals surface area contributed by atoms with E-state index in [1.54, 1.807) is 12.3 Å². The predicted molar refractivity (Wildman–Crippen MR) is 72.1 cm³/mol. The normalized spacial score (nSPS) is 20.3. The van der Waals surface area contributed by atoms with E-state index in [1.807, 2.05) is 0 Å². The lowest BCUT2D eigenvalue weighted by Crippen LogP contribution is -2.35. The Kier molecular flexibility index (Phi) is 4.00. The number of nitrogens with two attached hydrogens (primary N) is 1. The third-order valence-electron chi connectivity index (χ3n) is 3.31. The molecule has 1 aromatic heterocycles. The Hall–Kier alpha value is -1.80. The number of nitrogen functional groups attached to an aromatic ring is 1. The first-order chi connectivity index (χ1) is 8.69. The molecular formula is C13H19N5. The highest BCUT2D eigenvalue weighted by Crippen LogP contribution is 2.18. The Balaban J connectivity index is 1.96. The van der Waals surface area contributed by atoms with Crippen molar-refractivity contribution >= 4 is 11.5 Å². The van der Waals surface area contributed by atoms with Gasteiger partial charge in [-0.25, -0.2) is 4.98 Å². The molecule has 0 amide bonds. The van der Waals surface area contributed by atoms with Crippen molar-refractivity contribution in [2.45, 2.75) is 12.8 Å². The molecule has 0 spiro atoms. The molecule has 2 heterocycles. The summed E-state index contributed by atoms with van der Waals surface area (Å²) < 4.78 is 0. The van der Waals surface area contributed by atoms with Crippen LogP contribution in [0.1, 0.15) is 18.4 Å². The molecule has 18 heavy (non-hydrogen) atoms. The van der Waals surface area contributed by atoms with Gasteiger partial charge >= 0.3 is 0 Å². The molecule has 0 aliphatic carbocycles. The number of pyridine rings is 1. The summed E-state index contributed by atoms with van der Waals surface area (Å²) in [7, 11) is 2.15. The molecule has 1 aromatic rings. The van der Waals surface area contributed by atoms with Crippen molar-refractivity contribution in [1.29, 1.82) is 5.26 Å². The zero-order valence-corrected chi connectivity index (χ0v) is 10.7. The van der Waals surface area contributed by atoms with E-state index in [9.17, 15) is 0 Å². The number of nitriles is 1. The SMILES string of the molecule is CN1CCCC(CNc2ncc(N)cc2C#N)C1. The van der Waals surface area contributed by atoms with Gasteiger partial charge in [-0.1, -0.05) is 0 Å². The first kappa shape index (κ1) is 12.7. The molecule has 96 valence electrons. The van der Waals surface area contributed by atoms with Crippen LogP contribution in [0, 0.1) is 17.2 Å². The van der Waals surface area contributed by atoms with Gasteiger partial charge < -0.3 is 16.0 Å². The van der Waals surface area contributed by atoms with Crippen molar-refractivity contribution in [2.75, 3.05) is 37.7 Å². The summed E-state index contributed by atoms with van der Waals surface area (Å²) in [6, 6.07) is 3.77. The van der Waals surface area contributed by atoms with Crippen LogP contribution in [-0.2, 0) is 0 Å². The van der Waals surface area contributed by atoms with E-state index in [0.29, 0.717) is 23.0 Å². The Morgan fingerprint density at radius 3 is 3.22 bits per heavy atom. The monoisotopic (exact) mass is 245 g/mol. The van der Waals surface area contributed by atoms with Crippen LogP contribution in [0.25, 0.3) is 0 Å². The number of nitrogens with one attached hydrogen (secondary N) is 1. The van der Waals surface area contributed by atoms with Gasteiger partial charge in [0, 0.05) is 13.1 Å². The minimum absolute atomic E-state index is 0.513. The maximum atomic E-state index is 9.03. The highest BCUT2D eigenvalue weighted by atomic mass is 15.1. The van der Waals surface area contributed by atoms with Crippen molar-refractivity contribution in [1.82, 2.24) is 9.88 Å². The Morgan fingerprint density at radius 2 is 2.50 bits per heavy atom. The van der Waals surface area contributed by atoms with Crippen LogP contribution in [-0.4, -0.2) is 36.6 Å². The minimum Gasteiger partial charge on any atom is -0.397 e. The predicted octanol–water partition coefficient (Wildman–Crippen LogP) is 1.29. The number of aromatic nitrogens is 1. The van der Waals surface area contributed by atoms with Gasteiger partial charge in [0.05, 0.1) is 17.4 Å². The summed E-state index contributed by atoms with van der Waals surface area (Å²) in [5.41, 5.74) is 6.65. The quantitative estimate of drug-likeness (QED) is 0.839. The van der Waals surface area contributed by atoms with Gasteiger partial charge in [0.2, 0.25) is 0 Å². The number of nitrogens with zero attached hydrogens (tertiary/aromatic N) is 3. The van der Waals surface area contributed by atoms with Crippen LogP contribution in [0.4, 0.5) is 11.5 Å². The first-order valence-electron chi connectivity index (χ1n) is 6.27. The van der Waals surface area contributed by atoms with E-state index in [0.717, 1.165) is 13.1 Å². The lowest BCUT2D eigenvalue weighted by atomic mass is 9.98. The molecule has 2 rings (SSSR count). The summed E-state index contributed by atoms with van der Waals surface area (Å²) >= 11 is 0. The molecule has 1 fully saturated rings. The second-order valence-corrected chi connectivity index (χ2v) is 4.93. The highest BCUT2D eigenvalue weighted by molar-refractivity contribution is 5.57. The fourth-order valence-electron chi connectivity index (χ4n) is 2.39. The lowest BCUT2D eigenvalue weighted by Gasteiger charge is -2.29. The van der Waals surface area contributed by atoms with E-state index in [-0.39, 0.29) is 0 Å². The third-order valence-corrected chi connectivity index (χ3v) is 3.31. The summed E-state index contributed by atoms with van der Waals surface area (Å²) in [5.74, 6) is 1.26. The molecule has 5 nitrogen and oxygen atoms in total. The number of hydrogen-bond acceptors (Lipinski definition) is 5. The number of hydrogen-bond donors (Lipinski definition) is 2. The Morgan fingerprint density at radius 1 is 1.67 bits per heavy atom. The standard InChI is InChI=1S/C13H19N5/c1-18-4-2-3-10(9-18)7-16-13-11(6-14)5-12(15)8-17-13/h5,8,10H,2-4,7,9,15H2,1H3,(H,16,17). The van der Waals surface area contributed by atoms with Gasteiger partial charge in [-0.05, 0) is 38.4 Å². The summed E-state index contributed by atoms with van der Waals surface area (Å²) in [4.78, 5) is 6.52. The first-order valence-corrected chi connectivity index (χ1v) is 6.27. The summed E-state index contributed by atoms with van der Waals surface area (Å²) in [6.07, 6.45) is 4.05. The molecule has 1 saturated heterocycles. The van der Waals surface area contributed by atoms with Gasteiger partial charge in [-0.3, -0.25) is 0 Å².